The summed E-state index contributed by atoms with van der Waals surface area (Å²) in [5.74, 6) is -0.389. The largest absolute Gasteiger partial charge is 0.395 e. The summed E-state index contributed by atoms with van der Waals surface area (Å²) < 4.78 is 0. The minimum Gasteiger partial charge on any atom is -0.395 e. The molecule has 1 heterocycles. The van der Waals surface area contributed by atoms with Crippen LogP contribution in [0.1, 0.15) is 5.56 Å². The number of nitrogens with zero attached hydrogens (tertiary/aromatic N) is 2. The zero-order chi connectivity index (χ0) is 9.68. The first-order chi connectivity index (χ1) is 6.27. The molecule has 1 N–H and O–H groups in total. The van der Waals surface area contributed by atoms with Crippen LogP contribution in [0.4, 0.5) is 0 Å². The summed E-state index contributed by atoms with van der Waals surface area (Å²) in [7, 11) is 0. The fraction of sp³-hybridized carbons (Fsp3) is 0.333. The molecule has 1 aromatic heterocycles. The van der Waals surface area contributed by atoms with Crippen molar-refractivity contribution in [1.29, 1.82) is 5.26 Å². The number of aromatic nitrogens is 1. The van der Waals surface area contributed by atoms with E-state index in [0.717, 1.165) is 5.56 Å². The van der Waals surface area contributed by atoms with Crippen LogP contribution in [0.25, 0.3) is 0 Å². The molecule has 3 nitrogen and oxygen atoms in total. The molecule has 0 amide bonds. The number of aliphatic hydroxyl groups is 1. The fourth-order valence-electron chi connectivity index (χ4n) is 0.986. The minimum atomic E-state index is -0.389. The highest BCUT2D eigenvalue weighted by atomic mass is 35.5. The number of nitriles is 1. The van der Waals surface area contributed by atoms with E-state index in [1.54, 1.807) is 12.3 Å². The van der Waals surface area contributed by atoms with E-state index in [0.29, 0.717) is 11.4 Å². The Kier molecular flexibility index (Phi) is 3.69. The molecule has 0 aliphatic heterocycles. The van der Waals surface area contributed by atoms with Gasteiger partial charge in [-0.1, -0.05) is 11.6 Å². The van der Waals surface area contributed by atoms with E-state index in [9.17, 15) is 0 Å². The van der Waals surface area contributed by atoms with Crippen molar-refractivity contribution in [3.05, 3.63) is 29.0 Å². The molecule has 68 valence electrons. The second-order valence-electron chi connectivity index (χ2n) is 2.68. The van der Waals surface area contributed by atoms with Crippen molar-refractivity contribution < 1.29 is 5.11 Å². The van der Waals surface area contributed by atoms with Crippen molar-refractivity contribution in [2.24, 2.45) is 5.92 Å². The van der Waals surface area contributed by atoms with Gasteiger partial charge in [0.05, 0.1) is 23.6 Å². The molecule has 0 aliphatic rings. The van der Waals surface area contributed by atoms with Gasteiger partial charge in [-0.05, 0) is 18.1 Å². The maximum Gasteiger partial charge on any atom is 0.0735 e. The normalized spacial score (nSPS) is 12.1. The van der Waals surface area contributed by atoms with Crippen LogP contribution in [0.15, 0.2) is 18.5 Å². The molecule has 1 rings (SSSR count). The predicted octanol–water partition coefficient (Wildman–Crippen LogP) is 1.41. The molecular formula is C9H9ClN2O. The molecule has 0 spiro atoms. The molecule has 0 bridgehead atoms. The first-order valence-corrected chi connectivity index (χ1v) is 4.24. The van der Waals surface area contributed by atoms with E-state index in [4.69, 9.17) is 22.0 Å². The lowest BCUT2D eigenvalue weighted by atomic mass is 10.0. The Hall–Kier alpha value is -1.11. The summed E-state index contributed by atoms with van der Waals surface area (Å²) in [6.07, 6.45) is 3.62. The van der Waals surface area contributed by atoms with Crippen LogP contribution in [0.5, 0.6) is 0 Å². The zero-order valence-electron chi connectivity index (χ0n) is 6.94. The van der Waals surface area contributed by atoms with E-state index >= 15 is 0 Å². The Morgan fingerprint density at radius 2 is 2.46 bits per heavy atom. The molecule has 0 saturated carbocycles. The third kappa shape index (κ3) is 2.69. The predicted molar refractivity (Wildman–Crippen MR) is 49.1 cm³/mol. The number of rotatable bonds is 3. The molecule has 1 aromatic rings. The van der Waals surface area contributed by atoms with Crippen LogP contribution in [0, 0.1) is 17.2 Å². The topological polar surface area (TPSA) is 56.9 Å². The van der Waals surface area contributed by atoms with Crippen LogP contribution in [-0.2, 0) is 6.42 Å². The molecule has 0 aromatic carbocycles. The lowest BCUT2D eigenvalue weighted by Gasteiger charge is -2.05. The fourth-order valence-corrected chi connectivity index (χ4v) is 1.18. The summed E-state index contributed by atoms with van der Waals surface area (Å²) >= 11 is 5.83. The molecular weight excluding hydrogens is 188 g/mol. The first-order valence-electron chi connectivity index (χ1n) is 3.86. The molecule has 4 heteroatoms. The maximum atomic E-state index is 8.80. The second kappa shape index (κ2) is 4.80. The van der Waals surface area contributed by atoms with Gasteiger partial charge in [0.2, 0.25) is 0 Å². The average molecular weight is 197 g/mol. The van der Waals surface area contributed by atoms with Gasteiger partial charge in [0.1, 0.15) is 0 Å². The number of halogens is 1. The summed E-state index contributed by atoms with van der Waals surface area (Å²) in [6, 6.07) is 3.75. The second-order valence-corrected chi connectivity index (χ2v) is 3.09. The number of hydrogen-bond acceptors (Lipinski definition) is 3. The van der Waals surface area contributed by atoms with Gasteiger partial charge >= 0.3 is 0 Å². The maximum absolute atomic E-state index is 8.80. The number of pyridine rings is 1. The Labute approximate surface area is 81.6 Å². The van der Waals surface area contributed by atoms with Crippen LogP contribution >= 0.6 is 11.6 Å². The van der Waals surface area contributed by atoms with E-state index in [1.165, 1.54) is 6.20 Å². The van der Waals surface area contributed by atoms with Crippen molar-refractivity contribution in [3.63, 3.8) is 0 Å². The van der Waals surface area contributed by atoms with Crippen LogP contribution in [0.3, 0.4) is 0 Å². The van der Waals surface area contributed by atoms with Gasteiger partial charge in [-0.25, -0.2) is 0 Å². The summed E-state index contributed by atoms with van der Waals surface area (Å²) in [4.78, 5) is 3.83. The van der Waals surface area contributed by atoms with E-state index in [1.807, 2.05) is 6.07 Å². The monoisotopic (exact) mass is 196 g/mol. The highest BCUT2D eigenvalue weighted by Crippen LogP contribution is 2.17. The zero-order valence-corrected chi connectivity index (χ0v) is 7.70. The lowest BCUT2D eigenvalue weighted by Crippen LogP contribution is -2.07. The lowest BCUT2D eigenvalue weighted by molar-refractivity contribution is 0.255. The van der Waals surface area contributed by atoms with Gasteiger partial charge in [0.25, 0.3) is 0 Å². The molecule has 1 unspecified atom stereocenters. The third-order valence-electron chi connectivity index (χ3n) is 1.73. The van der Waals surface area contributed by atoms with Gasteiger partial charge in [-0.2, -0.15) is 5.26 Å². The highest BCUT2D eigenvalue weighted by molar-refractivity contribution is 6.31. The number of hydrogen-bond donors (Lipinski definition) is 1. The quantitative estimate of drug-likeness (QED) is 0.795. The van der Waals surface area contributed by atoms with Crippen molar-refractivity contribution in [2.45, 2.75) is 6.42 Å². The van der Waals surface area contributed by atoms with Crippen molar-refractivity contribution in [1.82, 2.24) is 4.98 Å². The van der Waals surface area contributed by atoms with Gasteiger partial charge in [-0.3, -0.25) is 4.98 Å². The molecule has 0 radical (unpaired) electrons. The Balaban J connectivity index is 2.74. The van der Waals surface area contributed by atoms with E-state index < -0.39 is 0 Å². The first kappa shape index (κ1) is 9.97. The van der Waals surface area contributed by atoms with Crippen LogP contribution < -0.4 is 0 Å². The molecule has 0 fully saturated rings. The number of aliphatic hydroxyl groups excluding tert-OH is 1. The van der Waals surface area contributed by atoms with Gasteiger partial charge in [0, 0.05) is 12.4 Å². The van der Waals surface area contributed by atoms with Crippen molar-refractivity contribution >= 4 is 11.6 Å². The molecule has 0 aliphatic carbocycles. The third-order valence-corrected chi connectivity index (χ3v) is 2.07. The smallest absolute Gasteiger partial charge is 0.0735 e. The van der Waals surface area contributed by atoms with Crippen LogP contribution in [0.2, 0.25) is 5.02 Å². The van der Waals surface area contributed by atoms with Crippen molar-refractivity contribution in [2.75, 3.05) is 6.61 Å². The van der Waals surface area contributed by atoms with Gasteiger partial charge < -0.3 is 5.11 Å². The van der Waals surface area contributed by atoms with Crippen LogP contribution in [-0.4, -0.2) is 16.7 Å². The van der Waals surface area contributed by atoms with Gasteiger partial charge in [0.15, 0.2) is 0 Å². The standard InChI is InChI=1S/C9H9ClN2O/c10-9-5-12-2-1-8(9)3-7(4-11)6-13/h1-2,5,7,13H,3,6H2. The molecule has 13 heavy (non-hydrogen) atoms. The van der Waals surface area contributed by atoms with Crippen molar-refractivity contribution in [3.8, 4) is 6.07 Å². The Morgan fingerprint density at radius 3 is 3.00 bits per heavy atom. The van der Waals surface area contributed by atoms with E-state index in [-0.39, 0.29) is 12.5 Å². The average Bonchev–Trinajstić information content (AvgIpc) is 2.17. The summed E-state index contributed by atoms with van der Waals surface area (Å²) in [6.45, 7) is -0.144. The minimum absolute atomic E-state index is 0.144. The molecule has 1 atom stereocenters. The van der Waals surface area contributed by atoms with Gasteiger partial charge in [-0.15, -0.1) is 0 Å². The SMILES string of the molecule is N#CC(CO)Cc1ccncc1Cl. The Bertz CT molecular complexity index is 322. The Morgan fingerprint density at radius 1 is 1.69 bits per heavy atom. The summed E-state index contributed by atoms with van der Waals surface area (Å²) in [5.41, 5.74) is 0.845. The summed E-state index contributed by atoms with van der Waals surface area (Å²) in [5, 5.41) is 17.9. The van der Waals surface area contributed by atoms with E-state index in [2.05, 4.69) is 4.98 Å². The highest BCUT2D eigenvalue weighted by Gasteiger charge is 2.09. The molecule has 0 saturated heterocycles.